The molecule has 4 nitrogen and oxygen atoms in total. The van der Waals surface area contributed by atoms with Crippen molar-refractivity contribution in [1.82, 2.24) is 9.47 Å². The first kappa shape index (κ1) is 18.1. The zero-order valence-corrected chi connectivity index (χ0v) is 15.7. The molecule has 1 atom stereocenters. The molecule has 4 rings (SSSR count). The Morgan fingerprint density at radius 3 is 2.27 bits per heavy atom. The lowest BCUT2D eigenvalue weighted by Crippen LogP contribution is -2.22. The number of benzene rings is 2. The molecule has 0 bridgehead atoms. The number of Topliss-reactive ketones (excluding diaryl/α,β-unsaturated/α-hetero) is 2. The Morgan fingerprint density at radius 2 is 1.62 bits per heavy atom. The molecule has 0 saturated heterocycles. The maximum atomic E-state index is 11.4. The fraction of sp³-hybridized carbons (Fsp3) is 0.273. The summed E-state index contributed by atoms with van der Waals surface area (Å²) in [7, 11) is 3.91. The van der Waals surface area contributed by atoms with Crippen molar-refractivity contribution in [2.24, 2.45) is 7.05 Å². The van der Waals surface area contributed by atoms with Gasteiger partial charge in [0, 0.05) is 31.4 Å². The van der Waals surface area contributed by atoms with Crippen LogP contribution in [0, 0.1) is 0 Å². The molecule has 0 fully saturated rings. The molecule has 2 heterocycles. The Morgan fingerprint density at radius 1 is 0.962 bits per heavy atom. The fourth-order valence-corrected chi connectivity index (χ4v) is 3.70. The molecule has 1 unspecified atom stereocenters. The van der Waals surface area contributed by atoms with Crippen molar-refractivity contribution < 1.29 is 9.59 Å². The smallest absolute Gasteiger partial charge is 0.176 e. The van der Waals surface area contributed by atoms with Crippen LogP contribution in [0.25, 0.3) is 10.9 Å². The number of likely N-dealkylation sites (N-methyl/N-ethyl adjacent to an activating group) is 1. The maximum absolute atomic E-state index is 11.4. The molecule has 0 N–H and O–H groups in total. The topological polar surface area (TPSA) is 42.3 Å². The second kappa shape index (κ2) is 7.26. The van der Waals surface area contributed by atoms with Crippen LogP contribution in [0.3, 0.4) is 0 Å². The van der Waals surface area contributed by atoms with Gasteiger partial charge in [0.15, 0.2) is 11.6 Å². The quantitative estimate of drug-likeness (QED) is 0.654. The van der Waals surface area contributed by atoms with Crippen LogP contribution in [0.15, 0.2) is 54.6 Å². The highest BCUT2D eigenvalue weighted by atomic mass is 16.1. The Hall–Kier alpha value is -2.72. The summed E-state index contributed by atoms with van der Waals surface area (Å²) >= 11 is 0. The summed E-state index contributed by atoms with van der Waals surface area (Å²) in [6, 6.07) is 18.1. The maximum Gasteiger partial charge on any atom is 0.176 e. The van der Waals surface area contributed by atoms with Crippen LogP contribution >= 0.6 is 0 Å². The number of rotatable bonds is 2. The number of aromatic nitrogens is 1. The van der Waals surface area contributed by atoms with Crippen LogP contribution in [0.5, 0.6) is 0 Å². The van der Waals surface area contributed by atoms with Crippen molar-refractivity contribution in [3.63, 3.8) is 0 Å². The monoisotopic (exact) mass is 348 g/mol. The molecular formula is C22H24N2O2. The fourth-order valence-electron chi connectivity index (χ4n) is 3.70. The van der Waals surface area contributed by atoms with Gasteiger partial charge in [0.2, 0.25) is 0 Å². The van der Waals surface area contributed by atoms with Gasteiger partial charge >= 0.3 is 0 Å². The van der Waals surface area contributed by atoms with Crippen molar-refractivity contribution in [2.45, 2.75) is 26.4 Å². The highest BCUT2D eigenvalue weighted by Gasteiger charge is 2.29. The van der Waals surface area contributed by atoms with Gasteiger partial charge in [-0.05, 0) is 37.2 Å². The van der Waals surface area contributed by atoms with Crippen molar-refractivity contribution in [3.8, 4) is 0 Å². The van der Waals surface area contributed by atoms with E-state index in [1.165, 1.54) is 11.1 Å². The van der Waals surface area contributed by atoms with Gasteiger partial charge in [-0.2, -0.15) is 0 Å². The number of ketones is 2. The van der Waals surface area contributed by atoms with E-state index in [4.69, 9.17) is 0 Å². The minimum atomic E-state index is -0.0174. The molecule has 3 aromatic rings. The molecule has 1 aliphatic heterocycles. The molecule has 0 radical (unpaired) electrons. The van der Waals surface area contributed by atoms with E-state index in [1.54, 1.807) is 13.8 Å². The van der Waals surface area contributed by atoms with Crippen molar-refractivity contribution >= 4 is 22.5 Å². The second-order valence-electron chi connectivity index (χ2n) is 6.83. The summed E-state index contributed by atoms with van der Waals surface area (Å²) in [4.78, 5) is 24.7. The zero-order chi connectivity index (χ0) is 18.8. The number of aryl methyl sites for hydroxylation is 1. The van der Waals surface area contributed by atoms with E-state index >= 15 is 0 Å². The first-order valence-electron chi connectivity index (χ1n) is 8.74. The van der Waals surface area contributed by atoms with Crippen LogP contribution in [-0.2, 0) is 18.4 Å². The first-order valence-corrected chi connectivity index (χ1v) is 8.74. The number of hydrogen-bond donors (Lipinski definition) is 0. The number of carbonyl (C=O) groups excluding carboxylic acids is 2. The lowest BCUT2D eigenvalue weighted by Gasteiger charge is -2.16. The summed E-state index contributed by atoms with van der Waals surface area (Å²) in [5.74, 6) is 0.339. The summed E-state index contributed by atoms with van der Waals surface area (Å²) in [6.07, 6.45) is 0. The SMILES string of the molecule is CC(=O)C1c2ccccc2CN1C.CC(=O)c1cc2ccccc2n1C. The van der Waals surface area contributed by atoms with Crippen LogP contribution in [0.2, 0.25) is 0 Å². The standard InChI is InChI=1S/C11H13NO.C11H11NO/c1-8(13)11-10-6-4-3-5-9(10)7-12(11)2;1-8(13)11-7-9-5-3-4-6-10(9)12(11)2/h3-6,11H,7H2,1-2H3;3-7H,1-2H3. The third-order valence-electron chi connectivity index (χ3n) is 4.91. The zero-order valence-electron chi connectivity index (χ0n) is 15.7. The van der Waals surface area contributed by atoms with E-state index in [0.717, 1.165) is 23.1 Å². The Labute approximate surface area is 154 Å². The Kier molecular flexibility index (Phi) is 5.05. The van der Waals surface area contributed by atoms with E-state index < -0.39 is 0 Å². The molecular weight excluding hydrogens is 324 g/mol. The molecule has 2 aromatic carbocycles. The Bertz CT molecular complexity index is 971. The summed E-state index contributed by atoms with van der Waals surface area (Å²) in [6.45, 7) is 4.14. The molecule has 1 aliphatic rings. The second-order valence-corrected chi connectivity index (χ2v) is 6.83. The summed E-state index contributed by atoms with van der Waals surface area (Å²) in [5.41, 5.74) is 4.33. The average Bonchev–Trinajstić information content (AvgIpc) is 3.12. The van der Waals surface area contributed by atoms with E-state index in [9.17, 15) is 9.59 Å². The van der Waals surface area contributed by atoms with Gasteiger partial charge in [0.25, 0.3) is 0 Å². The predicted octanol–water partition coefficient (Wildman–Crippen LogP) is 4.14. The van der Waals surface area contributed by atoms with Gasteiger partial charge in [-0.25, -0.2) is 0 Å². The van der Waals surface area contributed by atoms with Crippen LogP contribution < -0.4 is 0 Å². The van der Waals surface area contributed by atoms with E-state index in [2.05, 4.69) is 11.0 Å². The van der Waals surface area contributed by atoms with Gasteiger partial charge in [-0.3, -0.25) is 14.5 Å². The van der Waals surface area contributed by atoms with Crippen molar-refractivity contribution in [1.29, 1.82) is 0 Å². The van der Waals surface area contributed by atoms with Gasteiger partial charge < -0.3 is 4.57 Å². The van der Waals surface area contributed by atoms with Crippen LogP contribution in [-0.4, -0.2) is 28.1 Å². The van der Waals surface area contributed by atoms with E-state index in [-0.39, 0.29) is 17.6 Å². The molecule has 26 heavy (non-hydrogen) atoms. The van der Waals surface area contributed by atoms with E-state index in [1.807, 2.05) is 67.2 Å². The average molecular weight is 348 g/mol. The minimum absolute atomic E-state index is 0.0174. The third kappa shape index (κ3) is 3.33. The number of fused-ring (bicyclic) bond motifs is 2. The molecule has 0 amide bonds. The molecule has 0 saturated carbocycles. The predicted molar refractivity (Wildman–Crippen MR) is 104 cm³/mol. The summed E-state index contributed by atoms with van der Waals surface area (Å²) in [5, 5.41) is 1.12. The highest BCUT2D eigenvalue weighted by Crippen LogP contribution is 2.32. The van der Waals surface area contributed by atoms with Crippen molar-refractivity contribution in [3.05, 3.63) is 71.4 Å². The molecule has 1 aromatic heterocycles. The van der Waals surface area contributed by atoms with Gasteiger partial charge in [0.05, 0.1) is 11.7 Å². The lowest BCUT2D eigenvalue weighted by molar-refractivity contribution is -0.121. The van der Waals surface area contributed by atoms with Gasteiger partial charge in [0.1, 0.15) is 0 Å². The molecule has 0 spiro atoms. The lowest BCUT2D eigenvalue weighted by atomic mass is 10.0. The summed E-state index contributed by atoms with van der Waals surface area (Å²) < 4.78 is 1.93. The molecule has 134 valence electrons. The largest absolute Gasteiger partial charge is 0.341 e. The molecule has 0 aliphatic carbocycles. The number of hydrogen-bond acceptors (Lipinski definition) is 3. The van der Waals surface area contributed by atoms with Crippen LogP contribution in [0.1, 0.15) is 41.5 Å². The van der Waals surface area contributed by atoms with E-state index in [0.29, 0.717) is 0 Å². The van der Waals surface area contributed by atoms with Crippen LogP contribution in [0.4, 0.5) is 0 Å². The number of nitrogens with zero attached hydrogens (tertiary/aromatic N) is 2. The number of para-hydroxylation sites is 1. The van der Waals surface area contributed by atoms with Gasteiger partial charge in [-0.15, -0.1) is 0 Å². The third-order valence-corrected chi connectivity index (χ3v) is 4.91. The minimum Gasteiger partial charge on any atom is -0.341 e. The molecule has 4 heteroatoms. The normalized spacial score (nSPS) is 16.1. The highest BCUT2D eigenvalue weighted by molar-refractivity contribution is 5.98. The Balaban J connectivity index is 0.000000151. The van der Waals surface area contributed by atoms with Crippen molar-refractivity contribution in [2.75, 3.05) is 7.05 Å². The first-order chi connectivity index (χ1) is 12.4. The number of carbonyl (C=O) groups is 2. The van der Waals surface area contributed by atoms with Gasteiger partial charge in [-0.1, -0.05) is 42.5 Å².